The minimum atomic E-state index is -4.07. The second kappa shape index (κ2) is 12.5. The number of carboxylic acids is 1. The maximum Gasteiger partial charge on any atom is 0.306 e. The lowest BCUT2D eigenvalue weighted by atomic mass is 9.89. The van der Waals surface area contributed by atoms with Gasteiger partial charge in [0.25, 0.3) is 5.91 Å². The molecule has 0 spiro atoms. The van der Waals surface area contributed by atoms with Crippen LogP contribution in [0.1, 0.15) is 61.4 Å². The molecule has 0 radical (unpaired) electrons. The monoisotopic (exact) mass is 648 g/mol. The molecular formula is C31H31Cl2FN2O6S. The van der Waals surface area contributed by atoms with E-state index in [9.17, 15) is 27.5 Å². The second-order valence-corrected chi connectivity index (χ2v) is 13.8. The fraction of sp³-hybridized carbons (Fsp3) is 0.355. The molecule has 1 aliphatic carbocycles. The number of carbonyl (C=O) groups excluding carboxylic acids is 1. The number of hydrogen-bond acceptors (Lipinski definition) is 5. The molecule has 43 heavy (non-hydrogen) atoms. The van der Waals surface area contributed by atoms with Gasteiger partial charge in [0, 0.05) is 28.2 Å². The van der Waals surface area contributed by atoms with E-state index in [4.69, 9.17) is 27.9 Å². The molecule has 2 fully saturated rings. The van der Waals surface area contributed by atoms with E-state index in [1.807, 2.05) is 6.92 Å². The van der Waals surface area contributed by atoms with Gasteiger partial charge >= 0.3 is 5.97 Å². The molecule has 1 amide bonds. The van der Waals surface area contributed by atoms with Gasteiger partial charge in [-0.15, -0.1) is 0 Å². The number of amides is 1. The number of nitrogens with zero attached hydrogens (tertiary/aromatic N) is 1. The highest BCUT2D eigenvalue weighted by Crippen LogP contribution is 2.53. The van der Waals surface area contributed by atoms with E-state index >= 15 is 0 Å². The zero-order valence-corrected chi connectivity index (χ0v) is 25.6. The van der Waals surface area contributed by atoms with E-state index in [0.29, 0.717) is 27.6 Å². The van der Waals surface area contributed by atoms with Gasteiger partial charge in [-0.05, 0) is 60.7 Å². The van der Waals surface area contributed by atoms with Crippen LogP contribution in [0.4, 0.5) is 4.39 Å². The fourth-order valence-electron chi connectivity index (χ4n) is 5.81. The van der Waals surface area contributed by atoms with Crippen LogP contribution in [0.3, 0.4) is 0 Å². The van der Waals surface area contributed by atoms with Gasteiger partial charge in [-0.25, -0.2) is 17.5 Å². The molecule has 2 N–H and O–H groups in total. The summed E-state index contributed by atoms with van der Waals surface area (Å²) in [6.45, 7) is 1.64. The van der Waals surface area contributed by atoms with Crippen LogP contribution in [0, 0.1) is 5.82 Å². The van der Waals surface area contributed by atoms with Crippen LogP contribution in [0.15, 0.2) is 72.8 Å². The smallest absolute Gasteiger partial charge is 0.306 e. The number of rotatable bonds is 11. The number of hydrogen-bond donors (Lipinski definition) is 2. The van der Waals surface area contributed by atoms with Gasteiger partial charge in [0.15, 0.2) is 0 Å². The summed E-state index contributed by atoms with van der Waals surface area (Å²) < 4.78 is 49.5. The van der Waals surface area contributed by atoms with E-state index in [1.54, 1.807) is 54.6 Å². The number of halogens is 3. The lowest BCUT2D eigenvalue weighted by Crippen LogP contribution is -2.57. The minimum absolute atomic E-state index is 0.111. The molecule has 1 aliphatic heterocycles. The van der Waals surface area contributed by atoms with Crippen LogP contribution in [-0.2, 0) is 29.1 Å². The first-order valence-corrected chi connectivity index (χ1v) is 16.2. The number of morpholine rings is 1. The van der Waals surface area contributed by atoms with Crippen molar-refractivity contribution in [1.29, 1.82) is 0 Å². The predicted molar refractivity (Wildman–Crippen MR) is 161 cm³/mol. The highest BCUT2D eigenvalue weighted by Gasteiger charge is 2.57. The Bertz CT molecular complexity index is 1620. The van der Waals surface area contributed by atoms with E-state index in [2.05, 4.69) is 4.72 Å². The standard InChI is InChI=1S/C31H31Cl2FN2O6S/c1-2-23(18-35-43(40,41)31(14-15-31)24-8-3-4-9-25(24)34)36-28(19-10-12-21(32)13-11-19)29(20-6-5-7-22(33)16-20)42-26(30(36)39)17-27(37)38/h3-13,16,23,26,28-29,35H,2,14-15,17-18H2,1H3,(H,37,38)/t23-,26-,28+,29+/m0/s1. The van der Waals surface area contributed by atoms with Crippen molar-refractivity contribution in [1.82, 2.24) is 9.62 Å². The van der Waals surface area contributed by atoms with Crippen molar-refractivity contribution >= 4 is 45.1 Å². The molecule has 228 valence electrons. The molecule has 0 aromatic heterocycles. The lowest BCUT2D eigenvalue weighted by molar-refractivity contribution is -0.183. The van der Waals surface area contributed by atoms with Crippen molar-refractivity contribution in [2.75, 3.05) is 6.54 Å². The van der Waals surface area contributed by atoms with Crippen molar-refractivity contribution in [3.05, 3.63) is 105 Å². The molecule has 2 aliphatic rings. The molecule has 1 saturated heterocycles. The summed E-state index contributed by atoms with van der Waals surface area (Å²) in [5, 5.41) is 10.5. The maximum absolute atomic E-state index is 14.7. The first-order chi connectivity index (χ1) is 20.5. The third-order valence-corrected chi connectivity index (χ3v) is 10.8. The Morgan fingerprint density at radius 3 is 2.37 bits per heavy atom. The summed E-state index contributed by atoms with van der Waals surface area (Å²) in [5.41, 5.74) is 1.38. The van der Waals surface area contributed by atoms with Crippen LogP contribution in [0.2, 0.25) is 10.0 Å². The minimum Gasteiger partial charge on any atom is -0.481 e. The number of carbonyl (C=O) groups is 2. The highest BCUT2D eigenvalue weighted by atomic mass is 35.5. The van der Waals surface area contributed by atoms with Crippen LogP contribution < -0.4 is 4.72 Å². The van der Waals surface area contributed by atoms with Crippen molar-refractivity contribution in [2.45, 2.75) is 61.6 Å². The molecule has 5 rings (SSSR count). The summed E-state index contributed by atoms with van der Waals surface area (Å²) in [6.07, 6.45) is -1.89. The van der Waals surface area contributed by atoms with E-state index < -0.39 is 63.2 Å². The summed E-state index contributed by atoms with van der Waals surface area (Å²) >= 11 is 12.5. The van der Waals surface area contributed by atoms with Gasteiger partial charge in [0.05, 0.1) is 12.5 Å². The molecule has 8 nitrogen and oxygen atoms in total. The quantitative estimate of drug-likeness (QED) is 0.264. The molecule has 1 saturated carbocycles. The number of ether oxygens (including phenoxy) is 1. The molecule has 3 aromatic carbocycles. The number of carboxylic acid groups (broad SMARTS) is 1. The Morgan fingerprint density at radius 1 is 1.07 bits per heavy atom. The lowest BCUT2D eigenvalue weighted by Gasteiger charge is -2.48. The maximum atomic E-state index is 14.7. The van der Waals surface area contributed by atoms with E-state index in [1.165, 1.54) is 23.1 Å². The molecule has 12 heteroatoms. The Labute approximate surface area is 259 Å². The normalized spacial score (nSPS) is 22.3. The average Bonchev–Trinajstić information content (AvgIpc) is 3.78. The molecule has 1 heterocycles. The first-order valence-electron chi connectivity index (χ1n) is 13.9. The van der Waals surface area contributed by atoms with Crippen molar-refractivity contribution in [3.8, 4) is 0 Å². The zero-order chi connectivity index (χ0) is 30.9. The van der Waals surface area contributed by atoms with Crippen LogP contribution in [-0.4, -0.2) is 49.0 Å². The fourth-order valence-corrected chi connectivity index (χ4v) is 7.92. The number of benzene rings is 3. The van der Waals surface area contributed by atoms with E-state index in [0.717, 1.165) is 0 Å². The van der Waals surface area contributed by atoms with Gasteiger partial charge in [-0.1, -0.05) is 72.6 Å². The third-order valence-electron chi connectivity index (χ3n) is 8.13. The van der Waals surface area contributed by atoms with Crippen molar-refractivity contribution in [2.24, 2.45) is 0 Å². The summed E-state index contributed by atoms with van der Waals surface area (Å²) in [5.74, 6) is -2.39. The third kappa shape index (κ3) is 6.30. The predicted octanol–water partition coefficient (Wildman–Crippen LogP) is 6.00. The van der Waals surface area contributed by atoms with Gasteiger partial charge < -0.3 is 14.7 Å². The average molecular weight is 650 g/mol. The number of sulfonamides is 1. The van der Waals surface area contributed by atoms with Crippen LogP contribution >= 0.6 is 23.2 Å². The van der Waals surface area contributed by atoms with Crippen molar-refractivity contribution < 1.29 is 32.2 Å². The summed E-state index contributed by atoms with van der Waals surface area (Å²) in [6, 6.07) is 18.1. The van der Waals surface area contributed by atoms with E-state index in [-0.39, 0.29) is 24.9 Å². The summed E-state index contributed by atoms with van der Waals surface area (Å²) in [7, 11) is -4.07. The topological polar surface area (TPSA) is 113 Å². The second-order valence-electron chi connectivity index (χ2n) is 10.8. The Hall–Kier alpha value is -3.02. The highest BCUT2D eigenvalue weighted by molar-refractivity contribution is 7.90. The first kappa shape index (κ1) is 31.4. The van der Waals surface area contributed by atoms with Crippen LogP contribution in [0.25, 0.3) is 0 Å². The SMILES string of the molecule is CC[C@@H](CNS(=O)(=O)C1(c2ccccc2F)CC1)N1C(=O)[C@H](CC(=O)O)O[C@H](c2cccc(Cl)c2)[C@H]1c1ccc(Cl)cc1. The largest absolute Gasteiger partial charge is 0.481 e. The number of aliphatic carboxylic acids is 1. The zero-order valence-electron chi connectivity index (χ0n) is 23.3. The summed E-state index contributed by atoms with van der Waals surface area (Å²) in [4.78, 5) is 27.3. The molecular weight excluding hydrogens is 618 g/mol. The number of nitrogens with one attached hydrogen (secondary N) is 1. The Morgan fingerprint density at radius 2 is 1.77 bits per heavy atom. The van der Waals surface area contributed by atoms with Gasteiger partial charge in [-0.2, -0.15) is 0 Å². The van der Waals surface area contributed by atoms with Gasteiger partial charge in [-0.3, -0.25) is 9.59 Å². The van der Waals surface area contributed by atoms with Crippen LogP contribution in [0.5, 0.6) is 0 Å². The van der Waals surface area contributed by atoms with Gasteiger partial charge in [0.2, 0.25) is 10.0 Å². The van der Waals surface area contributed by atoms with Crippen molar-refractivity contribution in [3.63, 3.8) is 0 Å². The molecule has 0 bridgehead atoms. The molecule has 0 unspecified atom stereocenters. The van der Waals surface area contributed by atoms with Gasteiger partial charge in [0.1, 0.15) is 22.8 Å². The molecule has 3 aromatic rings. The molecule has 4 atom stereocenters. The Kier molecular flexibility index (Phi) is 9.15. The Balaban J connectivity index is 1.54.